The number of rotatable bonds is 2. The Balaban J connectivity index is 1.70. The summed E-state index contributed by atoms with van der Waals surface area (Å²) in [5.41, 5.74) is 1.30. The van der Waals surface area contributed by atoms with Gasteiger partial charge in [-0.15, -0.1) is 11.8 Å². The van der Waals surface area contributed by atoms with Gasteiger partial charge in [-0.05, 0) is 54.4 Å². The van der Waals surface area contributed by atoms with Gasteiger partial charge < -0.3 is 10.6 Å². The van der Waals surface area contributed by atoms with Crippen molar-refractivity contribution in [2.45, 2.75) is 17.4 Å². The molecule has 3 nitrogen and oxygen atoms in total. The molecule has 1 heterocycles. The third-order valence-electron chi connectivity index (χ3n) is 3.42. The molecular weight excluding hydrogens is 306 g/mol. The first-order valence-electron chi connectivity index (χ1n) is 6.87. The number of nitrogens with one attached hydrogen (secondary N) is 2. The number of thioether (sulfide) groups is 1. The maximum atomic E-state index is 13.4. The Morgan fingerprint density at radius 1 is 1.09 bits per heavy atom. The Bertz CT molecular complexity index is 691. The minimum Gasteiger partial charge on any atom is -0.331 e. The Hall–Kier alpha value is -2.08. The molecule has 0 aliphatic carbocycles. The van der Waals surface area contributed by atoms with Crippen LogP contribution in [0.15, 0.2) is 47.4 Å². The average molecular weight is 320 g/mol. The molecule has 1 atom stereocenters. The van der Waals surface area contributed by atoms with Crippen LogP contribution >= 0.6 is 11.8 Å². The lowest BCUT2D eigenvalue weighted by molar-refractivity contribution is 0.248. The number of benzene rings is 2. The summed E-state index contributed by atoms with van der Waals surface area (Å²) < 4.78 is 26.3. The summed E-state index contributed by atoms with van der Waals surface area (Å²) in [7, 11) is 0. The number of halogens is 2. The molecule has 2 amide bonds. The molecule has 1 aliphatic rings. The van der Waals surface area contributed by atoms with Crippen LogP contribution in [0.2, 0.25) is 0 Å². The van der Waals surface area contributed by atoms with Crippen LogP contribution in [-0.4, -0.2) is 11.8 Å². The summed E-state index contributed by atoms with van der Waals surface area (Å²) in [6.45, 7) is 0. The van der Waals surface area contributed by atoms with E-state index in [1.807, 2.05) is 0 Å². The molecule has 6 heteroatoms. The van der Waals surface area contributed by atoms with Gasteiger partial charge in [-0.2, -0.15) is 0 Å². The smallest absolute Gasteiger partial charge is 0.319 e. The molecule has 0 saturated heterocycles. The van der Waals surface area contributed by atoms with Gasteiger partial charge in [0, 0.05) is 16.3 Å². The highest BCUT2D eigenvalue weighted by molar-refractivity contribution is 7.99. The first-order chi connectivity index (χ1) is 10.6. The predicted octanol–water partition coefficient (Wildman–Crippen LogP) is 4.32. The SMILES string of the molecule is O=C(Nc1ccc(F)cc1)N[C@@H]1CCSc2ccc(F)cc21. The molecule has 2 N–H and O–H groups in total. The molecule has 1 aliphatic heterocycles. The Labute approximate surface area is 131 Å². The topological polar surface area (TPSA) is 41.1 Å². The van der Waals surface area contributed by atoms with Crippen LogP contribution in [0, 0.1) is 11.6 Å². The van der Waals surface area contributed by atoms with Gasteiger partial charge in [0.1, 0.15) is 11.6 Å². The van der Waals surface area contributed by atoms with Crippen LogP contribution in [-0.2, 0) is 0 Å². The Morgan fingerprint density at radius 2 is 1.82 bits per heavy atom. The van der Waals surface area contributed by atoms with Crippen LogP contribution < -0.4 is 10.6 Å². The van der Waals surface area contributed by atoms with E-state index in [0.717, 1.165) is 22.6 Å². The van der Waals surface area contributed by atoms with E-state index in [9.17, 15) is 13.6 Å². The molecule has 2 aromatic rings. The van der Waals surface area contributed by atoms with Gasteiger partial charge in [0.15, 0.2) is 0 Å². The van der Waals surface area contributed by atoms with E-state index < -0.39 is 6.03 Å². The second kappa shape index (κ2) is 6.36. The average Bonchev–Trinajstić information content (AvgIpc) is 2.50. The molecule has 0 bridgehead atoms. The third kappa shape index (κ3) is 3.39. The fourth-order valence-corrected chi connectivity index (χ4v) is 3.48. The molecule has 0 aromatic heterocycles. The van der Waals surface area contributed by atoms with E-state index in [-0.39, 0.29) is 17.7 Å². The van der Waals surface area contributed by atoms with Crippen molar-refractivity contribution in [3.05, 3.63) is 59.7 Å². The molecule has 0 saturated carbocycles. The van der Waals surface area contributed by atoms with Gasteiger partial charge in [0.05, 0.1) is 6.04 Å². The third-order valence-corrected chi connectivity index (χ3v) is 4.54. The van der Waals surface area contributed by atoms with Crippen molar-refractivity contribution >= 4 is 23.5 Å². The van der Waals surface area contributed by atoms with Gasteiger partial charge >= 0.3 is 6.03 Å². The number of hydrogen-bond acceptors (Lipinski definition) is 2. The normalized spacial score (nSPS) is 16.7. The highest BCUT2D eigenvalue weighted by atomic mass is 32.2. The molecule has 22 heavy (non-hydrogen) atoms. The van der Waals surface area contributed by atoms with Crippen LogP contribution in [0.3, 0.4) is 0 Å². The van der Waals surface area contributed by atoms with E-state index in [2.05, 4.69) is 10.6 Å². The van der Waals surface area contributed by atoms with E-state index in [0.29, 0.717) is 5.69 Å². The highest BCUT2D eigenvalue weighted by Gasteiger charge is 2.22. The largest absolute Gasteiger partial charge is 0.331 e. The van der Waals surface area contributed by atoms with Gasteiger partial charge in [-0.3, -0.25) is 0 Å². The van der Waals surface area contributed by atoms with E-state index in [1.165, 1.54) is 36.4 Å². The summed E-state index contributed by atoms with van der Waals surface area (Å²) >= 11 is 1.65. The maximum Gasteiger partial charge on any atom is 0.319 e. The first kappa shape index (κ1) is 14.8. The second-order valence-corrected chi connectivity index (χ2v) is 6.11. The number of amides is 2. The number of anilines is 1. The Morgan fingerprint density at radius 3 is 2.59 bits per heavy atom. The zero-order valence-corrected chi connectivity index (χ0v) is 12.4. The summed E-state index contributed by atoms with van der Waals surface area (Å²) in [5, 5.41) is 5.49. The summed E-state index contributed by atoms with van der Waals surface area (Å²) in [6, 6.07) is 9.53. The van der Waals surface area contributed by atoms with Crippen molar-refractivity contribution in [1.82, 2.24) is 5.32 Å². The molecule has 0 fully saturated rings. The lowest BCUT2D eigenvalue weighted by Crippen LogP contribution is -2.34. The minimum atomic E-state index is -0.390. The zero-order chi connectivity index (χ0) is 15.5. The number of carbonyl (C=O) groups excluding carboxylic acids is 1. The molecule has 3 rings (SSSR count). The summed E-state index contributed by atoms with van der Waals surface area (Å²) in [6.07, 6.45) is 0.734. The van der Waals surface area contributed by atoms with E-state index in [1.54, 1.807) is 17.8 Å². The highest BCUT2D eigenvalue weighted by Crippen LogP contribution is 2.36. The number of fused-ring (bicyclic) bond motifs is 1. The van der Waals surface area contributed by atoms with Crippen molar-refractivity contribution in [3.63, 3.8) is 0 Å². The molecule has 2 aromatic carbocycles. The van der Waals surface area contributed by atoms with Crippen molar-refractivity contribution < 1.29 is 13.6 Å². The van der Waals surface area contributed by atoms with E-state index >= 15 is 0 Å². The van der Waals surface area contributed by atoms with Gasteiger partial charge in [0.25, 0.3) is 0 Å². The van der Waals surface area contributed by atoms with E-state index in [4.69, 9.17) is 0 Å². The maximum absolute atomic E-state index is 13.4. The fourth-order valence-electron chi connectivity index (χ4n) is 2.37. The van der Waals surface area contributed by atoms with Crippen LogP contribution in [0.1, 0.15) is 18.0 Å². The van der Waals surface area contributed by atoms with Crippen LogP contribution in [0.4, 0.5) is 19.3 Å². The number of hydrogen-bond donors (Lipinski definition) is 2. The summed E-state index contributed by atoms with van der Waals surface area (Å²) in [4.78, 5) is 13.0. The monoisotopic (exact) mass is 320 g/mol. The van der Waals surface area contributed by atoms with Crippen LogP contribution in [0.5, 0.6) is 0 Å². The van der Waals surface area contributed by atoms with Crippen molar-refractivity contribution in [3.8, 4) is 0 Å². The quantitative estimate of drug-likeness (QED) is 0.865. The lowest BCUT2D eigenvalue weighted by atomic mass is 10.0. The Kier molecular flexibility index (Phi) is 4.29. The fraction of sp³-hybridized carbons (Fsp3) is 0.188. The molecule has 0 spiro atoms. The lowest BCUT2D eigenvalue weighted by Gasteiger charge is -2.26. The molecule has 0 radical (unpaired) electrons. The molecule has 114 valence electrons. The predicted molar refractivity (Wildman–Crippen MR) is 83.0 cm³/mol. The van der Waals surface area contributed by atoms with Crippen LogP contribution in [0.25, 0.3) is 0 Å². The van der Waals surface area contributed by atoms with Gasteiger partial charge in [-0.1, -0.05) is 0 Å². The van der Waals surface area contributed by atoms with Crippen molar-refractivity contribution in [1.29, 1.82) is 0 Å². The summed E-state index contributed by atoms with van der Waals surface area (Å²) in [5.74, 6) is 0.187. The van der Waals surface area contributed by atoms with Crippen molar-refractivity contribution in [2.75, 3.05) is 11.1 Å². The second-order valence-electron chi connectivity index (χ2n) is 4.98. The molecular formula is C16H14F2N2OS. The standard InChI is InChI=1S/C16H14F2N2OS/c17-10-1-4-12(5-2-10)19-16(21)20-14-7-8-22-15-6-3-11(18)9-13(14)15/h1-6,9,14H,7-8H2,(H2,19,20,21)/t14-/m1/s1. The molecule has 0 unspecified atom stereocenters. The number of urea groups is 1. The minimum absolute atomic E-state index is 0.229. The van der Waals surface area contributed by atoms with Gasteiger partial charge in [0.2, 0.25) is 0 Å². The van der Waals surface area contributed by atoms with Crippen molar-refractivity contribution in [2.24, 2.45) is 0 Å². The first-order valence-corrected chi connectivity index (χ1v) is 7.86. The van der Waals surface area contributed by atoms with Gasteiger partial charge in [-0.25, -0.2) is 13.6 Å². The number of carbonyl (C=O) groups is 1. The zero-order valence-electron chi connectivity index (χ0n) is 11.6.